The van der Waals surface area contributed by atoms with Gasteiger partial charge in [-0.3, -0.25) is 9.59 Å². The van der Waals surface area contributed by atoms with E-state index >= 15 is 0 Å². The zero-order valence-corrected chi connectivity index (χ0v) is 13.8. The lowest BCUT2D eigenvalue weighted by atomic mass is 10.1. The van der Waals surface area contributed by atoms with Gasteiger partial charge in [-0.05, 0) is 44.2 Å². The second-order valence-electron chi connectivity index (χ2n) is 5.40. The van der Waals surface area contributed by atoms with Crippen molar-refractivity contribution in [3.8, 4) is 11.5 Å². The fourth-order valence-corrected chi connectivity index (χ4v) is 2.16. The smallest absolute Gasteiger partial charge is 0.255 e. The number of primary amides is 1. The summed E-state index contributed by atoms with van der Waals surface area (Å²) in [7, 11) is 1.51. The molecule has 0 aromatic heterocycles. The highest BCUT2D eigenvalue weighted by Crippen LogP contribution is 2.29. The highest BCUT2D eigenvalue weighted by Gasteiger charge is 2.15. The maximum absolute atomic E-state index is 12.4. The molecule has 0 unspecified atom stereocenters. The molecule has 0 radical (unpaired) electrons. The summed E-state index contributed by atoms with van der Waals surface area (Å²) in [6.07, 6.45) is -0.0129. The fraction of sp³-hybridized carbons (Fsp3) is 0.222. The molecule has 126 valence electrons. The van der Waals surface area contributed by atoms with Crippen molar-refractivity contribution in [1.29, 1.82) is 0 Å². The number of nitrogens with two attached hydrogens (primary N) is 1. The van der Waals surface area contributed by atoms with Gasteiger partial charge >= 0.3 is 0 Å². The predicted molar refractivity (Wildman–Crippen MR) is 91.7 cm³/mol. The van der Waals surface area contributed by atoms with E-state index in [1.54, 1.807) is 42.5 Å². The molecule has 0 heterocycles. The van der Waals surface area contributed by atoms with E-state index < -0.39 is 5.91 Å². The van der Waals surface area contributed by atoms with E-state index in [-0.39, 0.29) is 17.6 Å². The number of ether oxygens (including phenoxy) is 2. The second-order valence-corrected chi connectivity index (χ2v) is 5.40. The van der Waals surface area contributed by atoms with E-state index in [0.717, 1.165) is 0 Å². The standard InChI is InChI=1S/C18H20N2O4/c1-11(2)24-15-9-8-12(10-16(15)23-3)18(22)20-14-7-5-4-6-13(14)17(19)21/h4-11H,1-3H3,(H2,19,21)(H,20,22). The number of rotatable bonds is 6. The molecule has 24 heavy (non-hydrogen) atoms. The lowest BCUT2D eigenvalue weighted by Gasteiger charge is -2.15. The average molecular weight is 328 g/mol. The van der Waals surface area contributed by atoms with Crippen LogP contribution in [0.2, 0.25) is 0 Å². The lowest BCUT2D eigenvalue weighted by Crippen LogP contribution is -2.18. The Balaban J connectivity index is 2.26. The molecule has 0 aliphatic heterocycles. The number of carbonyl (C=O) groups is 2. The minimum Gasteiger partial charge on any atom is -0.493 e. The summed E-state index contributed by atoms with van der Waals surface area (Å²) in [5, 5.41) is 2.68. The number of hydrogen-bond acceptors (Lipinski definition) is 4. The zero-order chi connectivity index (χ0) is 17.7. The minimum atomic E-state index is -0.607. The summed E-state index contributed by atoms with van der Waals surface area (Å²) in [5.41, 5.74) is 6.30. The highest BCUT2D eigenvalue weighted by atomic mass is 16.5. The summed E-state index contributed by atoms with van der Waals surface area (Å²) >= 11 is 0. The number of para-hydroxylation sites is 1. The second kappa shape index (κ2) is 7.50. The summed E-state index contributed by atoms with van der Waals surface area (Å²) in [6.45, 7) is 3.81. The average Bonchev–Trinajstić information content (AvgIpc) is 2.54. The van der Waals surface area contributed by atoms with Crippen LogP contribution in [-0.4, -0.2) is 25.0 Å². The Morgan fingerprint density at radius 1 is 1.08 bits per heavy atom. The van der Waals surface area contributed by atoms with E-state index in [9.17, 15) is 9.59 Å². The van der Waals surface area contributed by atoms with Crippen LogP contribution in [-0.2, 0) is 0 Å². The number of methoxy groups -OCH3 is 1. The molecular weight excluding hydrogens is 308 g/mol. The predicted octanol–water partition coefficient (Wildman–Crippen LogP) is 2.83. The molecule has 6 nitrogen and oxygen atoms in total. The van der Waals surface area contributed by atoms with Crippen molar-refractivity contribution < 1.29 is 19.1 Å². The summed E-state index contributed by atoms with van der Waals surface area (Å²) in [4.78, 5) is 23.9. The Kier molecular flexibility index (Phi) is 5.42. The van der Waals surface area contributed by atoms with E-state index in [1.165, 1.54) is 7.11 Å². The Hall–Kier alpha value is -3.02. The Morgan fingerprint density at radius 2 is 1.79 bits per heavy atom. The molecule has 0 aliphatic carbocycles. The summed E-state index contributed by atoms with van der Waals surface area (Å²) in [5.74, 6) is 0.0309. The molecule has 0 bridgehead atoms. The van der Waals surface area contributed by atoms with Crippen molar-refractivity contribution in [3.63, 3.8) is 0 Å². The van der Waals surface area contributed by atoms with Crippen LogP contribution in [0.4, 0.5) is 5.69 Å². The molecule has 3 N–H and O–H groups in total. The van der Waals surface area contributed by atoms with Crippen molar-refractivity contribution >= 4 is 17.5 Å². The molecule has 0 atom stereocenters. The van der Waals surface area contributed by atoms with Gasteiger partial charge in [0, 0.05) is 5.56 Å². The molecule has 6 heteroatoms. The molecule has 2 amide bonds. The normalized spacial score (nSPS) is 10.3. The van der Waals surface area contributed by atoms with Crippen LogP contribution in [0.25, 0.3) is 0 Å². The molecule has 0 saturated heterocycles. The number of hydrogen-bond donors (Lipinski definition) is 2. The van der Waals surface area contributed by atoms with Gasteiger partial charge in [-0.15, -0.1) is 0 Å². The van der Waals surface area contributed by atoms with Gasteiger partial charge in [0.1, 0.15) is 0 Å². The first kappa shape index (κ1) is 17.3. The molecule has 0 aliphatic rings. The molecule has 2 aromatic rings. The quantitative estimate of drug-likeness (QED) is 0.853. The third kappa shape index (κ3) is 4.04. The first-order valence-corrected chi connectivity index (χ1v) is 7.47. The van der Waals surface area contributed by atoms with Crippen LogP contribution < -0.4 is 20.5 Å². The zero-order valence-electron chi connectivity index (χ0n) is 13.8. The van der Waals surface area contributed by atoms with Gasteiger partial charge in [0.05, 0.1) is 24.5 Å². The van der Waals surface area contributed by atoms with Crippen molar-refractivity contribution in [1.82, 2.24) is 0 Å². The number of amides is 2. The van der Waals surface area contributed by atoms with Gasteiger partial charge in [0.25, 0.3) is 11.8 Å². The molecule has 0 fully saturated rings. The summed E-state index contributed by atoms with van der Waals surface area (Å²) < 4.78 is 10.9. The summed E-state index contributed by atoms with van der Waals surface area (Å²) in [6, 6.07) is 11.4. The van der Waals surface area contributed by atoms with Crippen molar-refractivity contribution in [2.24, 2.45) is 5.73 Å². The van der Waals surface area contributed by atoms with E-state index in [2.05, 4.69) is 5.32 Å². The van der Waals surface area contributed by atoms with Gasteiger partial charge in [0.2, 0.25) is 0 Å². The van der Waals surface area contributed by atoms with E-state index in [4.69, 9.17) is 15.2 Å². The lowest BCUT2D eigenvalue weighted by molar-refractivity contribution is 0.100. The fourth-order valence-electron chi connectivity index (χ4n) is 2.16. The molecule has 2 rings (SSSR count). The van der Waals surface area contributed by atoms with Crippen molar-refractivity contribution in [2.45, 2.75) is 20.0 Å². The van der Waals surface area contributed by atoms with Gasteiger partial charge in [-0.2, -0.15) is 0 Å². The van der Waals surface area contributed by atoms with Crippen LogP contribution in [0, 0.1) is 0 Å². The maximum atomic E-state index is 12.4. The Morgan fingerprint density at radius 3 is 2.42 bits per heavy atom. The van der Waals surface area contributed by atoms with Crippen LogP contribution in [0.15, 0.2) is 42.5 Å². The van der Waals surface area contributed by atoms with E-state index in [0.29, 0.717) is 22.7 Å². The van der Waals surface area contributed by atoms with Gasteiger partial charge < -0.3 is 20.5 Å². The van der Waals surface area contributed by atoms with Gasteiger partial charge in [-0.1, -0.05) is 12.1 Å². The van der Waals surface area contributed by atoms with Crippen LogP contribution >= 0.6 is 0 Å². The number of anilines is 1. The molecule has 0 saturated carbocycles. The number of nitrogens with one attached hydrogen (secondary N) is 1. The van der Waals surface area contributed by atoms with Gasteiger partial charge in [0.15, 0.2) is 11.5 Å². The van der Waals surface area contributed by atoms with Crippen LogP contribution in [0.3, 0.4) is 0 Å². The van der Waals surface area contributed by atoms with Crippen LogP contribution in [0.1, 0.15) is 34.6 Å². The van der Waals surface area contributed by atoms with Crippen molar-refractivity contribution in [3.05, 3.63) is 53.6 Å². The molecule has 2 aromatic carbocycles. The number of benzene rings is 2. The SMILES string of the molecule is COc1cc(C(=O)Nc2ccccc2C(N)=O)ccc1OC(C)C. The highest BCUT2D eigenvalue weighted by molar-refractivity contribution is 6.08. The Bertz CT molecular complexity index is 756. The first-order chi connectivity index (χ1) is 11.4. The topological polar surface area (TPSA) is 90.6 Å². The third-order valence-electron chi connectivity index (χ3n) is 3.23. The molecular formula is C18H20N2O4. The maximum Gasteiger partial charge on any atom is 0.255 e. The third-order valence-corrected chi connectivity index (χ3v) is 3.23. The number of carbonyl (C=O) groups excluding carboxylic acids is 2. The minimum absolute atomic E-state index is 0.0129. The van der Waals surface area contributed by atoms with Crippen LogP contribution in [0.5, 0.6) is 11.5 Å². The Labute approximate surface area is 140 Å². The largest absolute Gasteiger partial charge is 0.493 e. The van der Waals surface area contributed by atoms with E-state index in [1.807, 2.05) is 13.8 Å². The van der Waals surface area contributed by atoms with Crippen molar-refractivity contribution in [2.75, 3.05) is 12.4 Å². The first-order valence-electron chi connectivity index (χ1n) is 7.47. The molecule has 0 spiro atoms. The van der Waals surface area contributed by atoms with Gasteiger partial charge in [-0.25, -0.2) is 0 Å². The monoisotopic (exact) mass is 328 g/mol.